The highest BCUT2D eigenvalue weighted by atomic mass is 16.7. The van der Waals surface area contributed by atoms with Crippen molar-refractivity contribution in [3.63, 3.8) is 0 Å². The van der Waals surface area contributed by atoms with Crippen LogP contribution in [-0.2, 0) is 19.1 Å². The van der Waals surface area contributed by atoms with Crippen LogP contribution in [0.3, 0.4) is 0 Å². The summed E-state index contributed by atoms with van der Waals surface area (Å²) in [5, 5.41) is 0. The first-order valence-electron chi connectivity index (χ1n) is 8.39. The third kappa shape index (κ3) is 1.98. The van der Waals surface area contributed by atoms with E-state index < -0.39 is 0 Å². The Morgan fingerprint density at radius 2 is 1.95 bits per heavy atom. The molecule has 4 fully saturated rings. The van der Waals surface area contributed by atoms with Crippen LogP contribution >= 0.6 is 0 Å². The van der Waals surface area contributed by atoms with Crippen molar-refractivity contribution in [2.75, 3.05) is 0 Å². The van der Waals surface area contributed by atoms with E-state index in [0.29, 0.717) is 11.7 Å². The van der Waals surface area contributed by atoms with Crippen molar-refractivity contribution in [3.05, 3.63) is 0 Å². The fraction of sp³-hybridized carbons (Fsp3) is 0.882. The third-order valence-corrected chi connectivity index (χ3v) is 6.37. The number of ketones is 1. The van der Waals surface area contributed by atoms with Gasteiger partial charge in [0.15, 0.2) is 0 Å². The van der Waals surface area contributed by atoms with Crippen molar-refractivity contribution in [1.82, 2.24) is 0 Å². The van der Waals surface area contributed by atoms with Crippen molar-refractivity contribution in [1.29, 1.82) is 0 Å². The molecule has 0 N–H and O–H groups in total. The fourth-order valence-electron chi connectivity index (χ4n) is 5.06. The molecule has 0 unspecified atom stereocenters. The number of carbonyl (C=O) groups is 2. The predicted octanol–water partition coefficient (Wildman–Crippen LogP) is 2.70. The molecule has 3 saturated carbocycles. The molecule has 4 rings (SSSR count). The van der Waals surface area contributed by atoms with Crippen LogP contribution in [0.2, 0.25) is 0 Å². The van der Waals surface area contributed by atoms with Gasteiger partial charge in [0, 0.05) is 18.3 Å². The Morgan fingerprint density at radius 1 is 1.14 bits per heavy atom. The summed E-state index contributed by atoms with van der Waals surface area (Å²) in [7, 11) is 0. The highest BCUT2D eigenvalue weighted by Crippen LogP contribution is 2.65. The van der Waals surface area contributed by atoms with Crippen LogP contribution in [0.15, 0.2) is 0 Å². The number of fused-ring (bicyclic) bond motifs is 2. The van der Waals surface area contributed by atoms with E-state index in [2.05, 4.69) is 13.8 Å². The topological polar surface area (TPSA) is 52.6 Å². The van der Waals surface area contributed by atoms with E-state index in [0.717, 1.165) is 38.5 Å². The minimum atomic E-state index is -0.377. The van der Waals surface area contributed by atoms with E-state index in [1.54, 1.807) is 0 Å². The average Bonchev–Trinajstić information content (AvgIpc) is 2.83. The quantitative estimate of drug-likeness (QED) is 0.734. The van der Waals surface area contributed by atoms with E-state index in [1.807, 2.05) is 0 Å². The first-order valence-corrected chi connectivity index (χ1v) is 8.39. The van der Waals surface area contributed by atoms with E-state index in [1.165, 1.54) is 0 Å². The largest absolute Gasteiger partial charge is 0.435 e. The summed E-state index contributed by atoms with van der Waals surface area (Å²) in [6.45, 7) is 4.24. The summed E-state index contributed by atoms with van der Waals surface area (Å²) >= 11 is 0. The van der Waals surface area contributed by atoms with Crippen LogP contribution in [0.1, 0.15) is 52.4 Å². The van der Waals surface area contributed by atoms with E-state index in [-0.39, 0.29) is 41.5 Å². The number of Topliss-reactive ketones (excluding diaryl/α,β-unsaturated/α-hetero) is 1. The van der Waals surface area contributed by atoms with Crippen LogP contribution in [0.25, 0.3) is 0 Å². The third-order valence-electron chi connectivity index (χ3n) is 6.37. The van der Waals surface area contributed by atoms with E-state index >= 15 is 0 Å². The minimum Gasteiger partial charge on any atom is -0.435 e. The molecular formula is C17H24O4. The van der Waals surface area contributed by atoms with E-state index in [9.17, 15) is 9.59 Å². The Kier molecular flexibility index (Phi) is 2.97. The molecule has 4 nitrogen and oxygen atoms in total. The lowest BCUT2D eigenvalue weighted by molar-refractivity contribution is -0.202. The molecular weight excluding hydrogens is 268 g/mol. The highest BCUT2D eigenvalue weighted by molar-refractivity contribution is 5.82. The van der Waals surface area contributed by atoms with Crippen molar-refractivity contribution in [3.8, 4) is 0 Å². The summed E-state index contributed by atoms with van der Waals surface area (Å²) in [5.41, 5.74) is 0.0243. The maximum Gasteiger partial charge on any atom is 0.312 e. The number of cyclic esters (lactones) is 1. The van der Waals surface area contributed by atoms with Gasteiger partial charge < -0.3 is 9.47 Å². The van der Waals surface area contributed by atoms with Gasteiger partial charge in [0.1, 0.15) is 5.78 Å². The molecule has 0 amide bonds. The Labute approximate surface area is 125 Å². The standard InChI is InChI=1S/C17H24O4/c1-17(2)13-14(17)16(21-15(13)19)20-12-8-4-5-9-10(12)6-3-7-11(9)18/h9-10,12-14,16H,3-8H2,1-2H3/t9-,10+,12+,13-,14+,16+/m0/s1. The smallest absolute Gasteiger partial charge is 0.312 e. The Morgan fingerprint density at radius 3 is 2.67 bits per heavy atom. The average molecular weight is 292 g/mol. The summed E-state index contributed by atoms with van der Waals surface area (Å²) < 4.78 is 11.7. The summed E-state index contributed by atoms with van der Waals surface area (Å²) in [6.07, 6.45) is 5.60. The summed E-state index contributed by atoms with van der Waals surface area (Å²) in [4.78, 5) is 24.0. The van der Waals surface area contributed by atoms with Crippen molar-refractivity contribution >= 4 is 11.8 Å². The van der Waals surface area contributed by atoms with Crippen LogP contribution in [0.4, 0.5) is 0 Å². The number of ether oxygens (including phenoxy) is 2. The van der Waals surface area contributed by atoms with Crippen LogP contribution < -0.4 is 0 Å². The van der Waals surface area contributed by atoms with Crippen molar-refractivity contribution < 1.29 is 19.1 Å². The number of carbonyl (C=O) groups excluding carboxylic acids is 2. The van der Waals surface area contributed by atoms with Gasteiger partial charge in [-0.25, -0.2) is 0 Å². The lowest BCUT2D eigenvalue weighted by Crippen LogP contribution is -2.43. The normalized spacial score (nSPS) is 47.5. The zero-order chi connectivity index (χ0) is 14.8. The van der Waals surface area contributed by atoms with Gasteiger partial charge >= 0.3 is 5.97 Å². The van der Waals surface area contributed by atoms with Gasteiger partial charge in [-0.05, 0) is 37.0 Å². The van der Waals surface area contributed by atoms with Crippen molar-refractivity contribution in [2.45, 2.75) is 64.8 Å². The molecule has 0 aromatic carbocycles. The minimum absolute atomic E-state index is 0.0230. The van der Waals surface area contributed by atoms with Gasteiger partial charge in [-0.1, -0.05) is 20.3 Å². The molecule has 116 valence electrons. The maximum atomic E-state index is 12.1. The lowest BCUT2D eigenvalue weighted by atomic mass is 9.69. The summed E-state index contributed by atoms with van der Waals surface area (Å²) in [5.74, 6) is 1.10. The van der Waals surface area contributed by atoms with Crippen molar-refractivity contribution in [2.24, 2.45) is 29.1 Å². The lowest BCUT2D eigenvalue weighted by Gasteiger charge is -2.41. The maximum absolute atomic E-state index is 12.1. The Bertz CT molecular complexity index is 483. The number of esters is 1. The molecule has 1 aliphatic heterocycles. The molecule has 0 spiro atoms. The zero-order valence-corrected chi connectivity index (χ0v) is 12.8. The predicted molar refractivity (Wildman–Crippen MR) is 75.2 cm³/mol. The molecule has 0 radical (unpaired) electrons. The van der Waals surface area contributed by atoms with Gasteiger partial charge in [0.2, 0.25) is 6.29 Å². The monoisotopic (exact) mass is 292 g/mol. The molecule has 4 heteroatoms. The number of rotatable bonds is 2. The molecule has 0 aromatic rings. The molecule has 1 saturated heterocycles. The van der Waals surface area contributed by atoms with Crippen LogP contribution in [0.5, 0.6) is 0 Å². The molecule has 1 heterocycles. The molecule has 0 aromatic heterocycles. The SMILES string of the molecule is CC1(C)[C@H]2[C@H](O[C@@H]3CCC[C@@H]4C(=O)CCC[C@H]43)OC(=O)[C@H]21. The molecule has 21 heavy (non-hydrogen) atoms. The molecule has 4 aliphatic rings. The van der Waals surface area contributed by atoms with Crippen LogP contribution in [-0.4, -0.2) is 24.1 Å². The Balaban J connectivity index is 1.47. The highest BCUT2D eigenvalue weighted by Gasteiger charge is 2.72. The van der Waals surface area contributed by atoms with Gasteiger partial charge in [-0.15, -0.1) is 0 Å². The number of hydrogen-bond donors (Lipinski definition) is 0. The van der Waals surface area contributed by atoms with Crippen LogP contribution in [0, 0.1) is 29.1 Å². The Hall–Kier alpha value is -0.900. The molecule has 3 aliphatic carbocycles. The molecule has 6 atom stereocenters. The number of hydrogen-bond acceptors (Lipinski definition) is 4. The second-order valence-electron chi connectivity index (χ2n) is 7.86. The summed E-state index contributed by atoms with van der Waals surface area (Å²) in [6, 6.07) is 0. The second kappa shape index (κ2) is 4.55. The van der Waals surface area contributed by atoms with Gasteiger partial charge in [0.05, 0.1) is 12.0 Å². The fourth-order valence-corrected chi connectivity index (χ4v) is 5.06. The first-order chi connectivity index (χ1) is 10.00. The molecule has 0 bridgehead atoms. The van der Waals surface area contributed by atoms with Gasteiger partial charge in [0.25, 0.3) is 0 Å². The van der Waals surface area contributed by atoms with Gasteiger partial charge in [-0.3, -0.25) is 9.59 Å². The second-order valence-corrected chi connectivity index (χ2v) is 7.86. The van der Waals surface area contributed by atoms with E-state index in [4.69, 9.17) is 9.47 Å². The first kappa shape index (κ1) is 13.7. The van der Waals surface area contributed by atoms with Gasteiger partial charge in [-0.2, -0.15) is 0 Å². The zero-order valence-electron chi connectivity index (χ0n) is 12.8.